The van der Waals surface area contributed by atoms with Crippen LogP contribution in [0.2, 0.25) is 0 Å². The van der Waals surface area contributed by atoms with Gasteiger partial charge in [0.2, 0.25) is 0 Å². The van der Waals surface area contributed by atoms with E-state index in [1.807, 2.05) is 23.6 Å². The van der Waals surface area contributed by atoms with Crippen molar-refractivity contribution in [1.82, 2.24) is 4.57 Å². The molecule has 1 aliphatic heterocycles. The summed E-state index contributed by atoms with van der Waals surface area (Å²) in [7, 11) is 0. The van der Waals surface area contributed by atoms with Crippen LogP contribution in [0.5, 0.6) is 0 Å². The Morgan fingerprint density at radius 2 is 2.12 bits per heavy atom. The number of rotatable bonds is 3. The number of pyridine rings is 1. The Morgan fingerprint density at radius 1 is 1.41 bits per heavy atom. The highest BCUT2D eigenvalue weighted by molar-refractivity contribution is 7.80. The molecule has 3 nitrogen and oxygen atoms in total. The van der Waals surface area contributed by atoms with Crippen molar-refractivity contribution in [3.8, 4) is 0 Å². The quantitative estimate of drug-likeness (QED) is 0.834. The molecule has 1 fully saturated rings. The molecule has 2 heterocycles. The number of hydrogen-bond acceptors (Lipinski definition) is 3. The molecule has 0 atom stereocenters. The lowest BCUT2D eigenvalue weighted by molar-refractivity contribution is 0.0174. The van der Waals surface area contributed by atoms with Crippen molar-refractivity contribution >= 4 is 12.6 Å². The standard InChI is InChI=1S/C13H19NO2S/c1-11-3-2-4-12(15)14(11)9-13(10-17)5-7-16-8-6-13/h2-4,17H,5-10H2,1H3. The Morgan fingerprint density at radius 3 is 2.71 bits per heavy atom. The molecule has 17 heavy (non-hydrogen) atoms. The summed E-state index contributed by atoms with van der Waals surface area (Å²) in [5.74, 6) is 0.803. The Balaban J connectivity index is 2.26. The molecule has 0 aromatic carbocycles. The van der Waals surface area contributed by atoms with Crippen LogP contribution in [0.3, 0.4) is 0 Å². The summed E-state index contributed by atoms with van der Waals surface area (Å²) in [6.45, 7) is 4.29. The minimum absolute atomic E-state index is 0.0812. The van der Waals surface area contributed by atoms with E-state index in [4.69, 9.17) is 4.74 Å². The van der Waals surface area contributed by atoms with E-state index >= 15 is 0 Å². The van der Waals surface area contributed by atoms with Gasteiger partial charge in [-0.05, 0) is 31.6 Å². The predicted octanol–water partition coefficient (Wildman–Crippen LogP) is 1.88. The third-order valence-electron chi connectivity index (χ3n) is 3.65. The first-order valence-corrected chi connectivity index (χ1v) is 6.65. The van der Waals surface area contributed by atoms with E-state index in [9.17, 15) is 4.79 Å². The van der Waals surface area contributed by atoms with Crippen LogP contribution < -0.4 is 5.56 Å². The summed E-state index contributed by atoms with van der Waals surface area (Å²) in [4.78, 5) is 11.9. The van der Waals surface area contributed by atoms with Crippen LogP contribution in [0.15, 0.2) is 23.0 Å². The van der Waals surface area contributed by atoms with Crippen LogP contribution >= 0.6 is 12.6 Å². The summed E-state index contributed by atoms with van der Waals surface area (Å²) in [5.41, 5.74) is 1.21. The van der Waals surface area contributed by atoms with E-state index < -0.39 is 0 Å². The zero-order valence-corrected chi connectivity index (χ0v) is 11.1. The Bertz CT molecular complexity index is 435. The fourth-order valence-corrected chi connectivity index (χ4v) is 2.75. The van der Waals surface area contributed by atoms with Crippen molar-refractivity contribution in [1.29, 1.82) is 0 Å². The molecule has 2 rings (SSSR count). The second-order valence-electron chi connectivity index (χ2n) is 4.86. The van der Waals surface area contributed by atoms with Gasteiger partial charge in [0.1, 0.15) is 0 Å². The average molecular weight is 253 g/mol. The first-order valence-electron chi connectivity index (χ1n) is 6.02. The number of aromatic nitrogens is 1. The normalized spacial score (nSPS) is 19.2. The van der Waals surface area contributed by atoms with Crippen LogP contribution in [0.4, 0.5) is 0 Å². The van der Waals surface area contributed by atoms with Crippen molar-refractivity contribution in [2.75, 3.05) is 19.0 Å². The highest BCUT2D eigenvalue weighted by Crippen LogP contribution is 2.33. The van der Waals surface area contributed by atoms with E-state index in [-0.39, 0.29) is 11.0 Å². The molecule has 0 aliphatic carbocycles. The zero-order chi connectivity index (χ0) is 12.3. The molecular weight excluding hydrogens is 234 g/mol. The molecule has 0 unspecified atom stereocenters. The Labute approximate surface area is 107 Å². The smallest absolute Gasteiger partial charge is 0.250 e. The number of hydrogen-bond donors (Lipinski definition) is 1. The molecule has 0 N–H and O–H groups in total. The second kappa shape index (κ2) is 5.27. The predicted molar refractivity (Wildman–Crippen MR) is 71.8 cm³/mol. The van der Waals surface area contributed by atoms with Gasteiger partial charge >= 0.3 is 0 Å². The highest BCUT2D eigenvalue weighted by Gasteiger charge is 2.32. The van der Waals surface area contributed by atoms with Crippen molar-refractivity contribution in [3.05, 3.63) is 34.2 Å². The molecular formula is C13H19NO2S. The van der Waals surface area contributed by atoms with Crippen molar-refractivity contribution in [2.45, 2.75) is 26.3 Å². The molecule has 0 amide bonds. The minimum Gasteiger partial charge on any atom is -0.381 e. The van der Waals surface area contributed by atoms with E-state index in [2.05, 4.69) is 12.6 Å². The molecule has 0 radical (unpaired) electrons. The van der Waals surface area contributed by atoms with E-state index in [1.165, 1.54) is 0 Å². The fourth-order valence-electron chi connectivity index (χ4n) is 2.33. The van der Waals surface area contributed by atoms with Gasteiger partial charge < -0.3 is 9.30 Å². The molecule has 1 aromatic rings. The monoisotopic (exact) mass is 253 g/mol. The Hall–Kier alpha value is -0.740. The van der Waals surface area contributed by atoms with Gasteiger partial charge in [0.25, 0.3) is 5.56 Å². The maximum atomic E-state index is 11.9. The van der Waals surface area contributed by atoms with E-state index in [0.717, 1.165) is 44.0 Å². The van der Waals surface area contributed by atoms with Crippen LogP contribution in [-0.4, -0.2) is 23.5 Å². The summed E-state index contributed by atoms with van der Waals surface area (Å²) < 4.78 is 7.27. The largest absolute Gasteiger partial charge is 0.381 e. The number of aryl methyl sites for hydroxylation is 1. The van der Waals surface area contributed by atoms with Crippen molar-refractivity contribution in [3.63, 3.8) is 0 Å². The summed E-state index contributed by atoms with van der Waals surface area (Å²) in [6.07, 6.45) is 1.97. The lowest BCUT2D eigenvalue weighted by atomic mass is 9.82. The zero-order valence-electron chi connectivity index (χ0n) is 10.2. The first-order chi connectivity index (χ1) is 8.17. The molecule has 1 aromatic heterocycles. The summed E-state index contributed by atoms with van der Waals surface area (Å²) in [5, 5.41) is 0. The van der Waals surface area contributed by atoms with Crippen LogP contribution in [0.25, 0.3) is 0 Å². The molecule has 1 saturated heterocycles. The van der Waals surface area contributed by atoms with E-state index in [0.29, 0.717) is 0 Å². The summed E-state index contributed by atoms with van der Waals surface area (Å²) >= 11 is 4.48. The minimum atomic E-state index is 0.0812. The molecule has 0 saturated carbocycles. The van der Waals surface area contributed by atoms with Crippen LogP contribution in [-0.2, 0) is 11.3 Å². The van der Waals surface area contributed by atoms with Gasteiger partial charge in [0, 0.05) is 36.9 Å². The molecule has 4 heteroatoms. The van der Waals surface area contributed by atoms with Gasteiger partial charge in [-0.15, -0.1) is 0 Å². The number of thiol groups is 1. The van der Waals surface area contributed by atoms with Gasteiger partial charge in [-0.1, -0.05) is 6.07 Å². The topological polar surface area (TPSA) is 31.2 Å². The van der Waals surface area contributed by atoms with Crippen molar-refractivity contribution < 1.29 is 4.74 Å². The fraction of sp³-hybridized carbons (Fsp3) is 0.615. The summed E-state index contributed by atoms with van der Waals surface area (Å²) in [6, 6.07) is 5.41. The third kappa shape index (κ3) is 2.75. The van der Waals surface area contributed by atoms with Gasteiger partial charge in [-0.25, -0.2) is 0 Å². The van der Waals surface area contributed by atoms with Crippen molar-refractivity contribution in [2.24, 2.45) is 5.41 Å². The number of nitrogens with zero attached hydrogens (tertiary/aromatic N) is 1. The van der Waals surface area contributed by atoms with Gasteiger partial charge in [0.05, 0.1) is 0 Å². The van der Waals surface area contributed by atoms with Crippen LogP contribution in [0, 0.1) is 12.3 Å². The van der Waals surface area contributed by atoms with E-state index in [1.54, 1.807) is 6.07 Å². The third-order valence-corrected chi connectivity index (χ3v) is 4.32. The van der Waals surface area contributed by atoms with Gasteiger partial charge in [0.15, 0.2) is 0 Å². The molecule has 0 spiro atoms. The highest BCUT2D eigenvalue weighted by atomic mass is 32.1. The molecule has 1 aliphatic rings. The average Bonchev–Trinajstić information content (AvgIpc) is 2.35. The molecule has 94 valence electrons. The lowest BCUT2D eigenvalue weighted by Crippen LogP contribution is -2.39. The second-order valence-corrected chi connectivity index (χ2v) is 5.18. The maximum absolute atomic E-state index is 11.9. The van der Waals surface area contributed by atoms with Gasteiger partial charge in [-0.3, -0.25) is 4.79 Å². The Kier molecular flexibility index (Phi) is 3.94. The SMILES string of the molecule is Cc1cccc(=O)n1CC1(CS)CCOCC1. The lowest BCUT2D eigenvalue weighted by Gasteiger charge is -2.36. The molecule has 0 bridgehead atoms. The van der Waals surface area contributed by atoms with Crippen LogP contribution in [0.1, 0.15) is 18.5 Å². The number of ether oxygens (including phenoxy) is 1. The van der Waals surface area contributed by atoms with Gasteiger partial charge in [-0.2, -0.15) is 12.6 Å². The maximum Gasteiger partial charge on any atom is 0.250 e. The first kappa shape index (κ1) is 12.7.